The molecule has 0 atom stereocenters. The standard InChI is InChI=1S/C16H32O/c1-3-4-5-7-10-13-16(2)14-11-8-6-9-12-15-17/h17H,2-15H2,1H3. The lowest BCUT2D eigenvalue weighted by molar-refractivity contribution is 0.282. The Morgan fingerprint density at radius 2 is 1.24 bits per heavy atom. The fourth-order valence-corrected chi connectivity index (χ4v) is 2.12. The lowest BCUT2D eigenvalue weighted by Crippen LogP contribution is -1.87. The molecular formula is C16H32O. The summed E-state index contributed by atoms with van der Waals surface area (Å²) in [7, 11) is 0. The molecule has 0 saturated heterocycles. The van der Waals surface area contributed by atoms with Crippen molar-refractivity contribution in [2.24, 2.45) is 0 Å². The molecule has 0 radical (unpaired) electrons. The van der Waals surface area contributed by atoms with E-state index in [2.05, 4.69) is 13.5 Å². The molecule has 102 valence electrons. The Balaban J connectivity index is 3.12. The molecule has 0 fully saturated rings. The van der Waals surface area contributed by atoms with Crippen molar-refractivity contribution in [1.82, 2.24) is 0 Å². The van der Waals surface area contributed by atoms with Crippen molar-refractivity contribution in [3.63, 3.8) is 0 Å². The van der Waals surface area contributed by atoms with Crippen molar-refractivity contribution in [3.05, 3.63) is 12.2 Å². The van der Waals surface area contributed by atoms with E-state index in [1.165, 1.54) is 76.2 Å². The SMILES string of the molecule is C=C(CCCCCCC)CCCCCCCO. The van der Waals surface area contributed by atoms with Gasteiger partial charge in [0.15, 0.2) is 0 Å². The largest absolute Gasteiger partial charge is 0.396 e. The van der Waals surface area contributed by atoms with Crippen LogP contribution < -0.4 is 0 Å². The summed E-state index contributed by atoms with van der Waals surface area (Å²) < 4.78 is 0. The first-order valence-corrected chi connectivity index (χ1v) is 7.58. The van der Waals surface area contributed by atoms with Crippen LogP contribution >= 0.6 is 0 Å². The van der Waals surface area contributed by atoms with Crippen molar-refractivity contribution in [2.75, 3.05) is 6.61 Å². The van der Waals surface area contributed by atoms with E-state index >= 15 is 0 Å². The first-order valence-electron chi connectivity index (χ1n) is 7.58. The molecule has 0 bridgehead atoms. The van der Waals surface area contributed by atoms with Gasteiger partial charge < -0.3 is 5.11 Å². The molecule has 0 aliphatic rings. The quantitative estimate of drug-likeness (QED) is 0.345. The molecular weight excluding hydrogens is 208 g/mol. The predicted molar refractivity (Wildman–Crippen MR) is 77.3 cm³/mol. The Hall–Kier alpha value is -0.300. The van der Waals surface area contributed by atoms with Crippen molar-refractivity contribution in [1.29, 1.82) is 0 Å². The van der Waals surface area contributed by atoms with Crippen LogP contribution in [0.5, 0.6) is 0 Å². The summed E-state index contributed by atoms with van der Waals surface area (Å²) in [5, 5.41) is 8.66. The summed E-state index contributed by atoms with van der Waals surface area (Å²) in [6, 6.07) is 0. The van der Waals surface area contributed by atoms with Crippen molar-refractivity contribution < 1.29 is 5.11 Å². The van der Waals surface area contributed by atoms with Crippen LogP contribution in [0.1, 0.15) is 84.0 Å². The van der Waals surface area contributed by atoms with Crippen LogP contribution in [0.25, 0.3) is 0 Å². The van der Waals surface area contributed by atoms with E-state index in [-0.39, 0.29) is 0 Å². The van der Waals surface area contributed by atoms with Gasteiger partial charge in [0.2, 0.25) is 0 Å². The van der Waals surface area contributed by atoms with Gasteiger partial charge in [-0.25, -0.2) is 0 Å². The van der Waals surface area contributed by atoms with Gasteiger partial charge in [0.25, 0.3) is 0 Å². The molecule has 1 heteroatoms. The van der Waals surface area contributed by atoms with Gasteiger partial charge in [-0.3, -0.25) is 0 Å². The summed E-state index contributed by atoms with van der Waals surface area (Å²) in [6.45, 7) is 6.78. The minimum atomic E-state index is 0.352. The highest BCUT2D eigenvalue weighted by Gasteiger charge is 1.96. The average molecular weight is 240 g/mol. The summed E-state index contributed by atoms with van der Waals surface area (Å²) in [5.74, 6) is 0. The Morgan fingerprint density at radius 3 is 1.76 bits per heavy atom. The molecule has 0 rings (SSSR count). The predicted octanol–water partition coefficient (Wildman–Crippen LogP) is 5.24. The molecule has 1 N–H and O–H groups in total. The first kappa shape index (κ1) is 16.7. The minimum absolute atomic E-state index is 0.352. The van der Waals surface area contributed by atoms with Crippen molar-refractivity contribution in [3.8, 4) is 0 Å². The van der Waals surface area contributed by atoms with E-state index in [4.69, 9.17) is 5.11 Å². The maximum Gasteiger partial charge on any atom is 0.0431 e. The molecule has 0 saturated carbocycles. The second kappa shape index (κ2) is 13.8. The van der Waals surface area contributed by atoms with Crippen LogP contribution in [0.15, 0.2) is 12.2 Å². The van der Waals surface area contributed by atoms with Gasteiger partial charge in [-0.15, -0.1) is 0 Å². The smallest absolute Gasteiger partial charge is 0.0431 e. The molecule has 0 aromatic heterocycles. The van der Waals surface area contributed by atoms with Gasteiger partial charge in [0.05, 0.1) is 0 Å². The van der Waals surface area contributed by atoms with Crippen LogP contribution in [0, 0.1) is 0 Å². The number of aliphatic hydroxyl groups excluding tert-OH is 1. The third-order valence-electron chi connectivity index (χ3n) is 3.32. The summed E-state index contributed by atoms with van der Waals surface area (Å²) in [5.41, 5.74) is 1.45. The van der Waals surface area contributed by atoms with Crippen LogP contribution in [0.3, 0.4) is 0 Å². The molecule has 0 unspecified atom stereocenters. The van der Waals surface area contributed by atoms with E-state index in [9.17, 15) is 0 Å². The van der Waals surface area contributed by atoms with E-state index in [1.54, 1.807) is 0 Å². The topological polar surface area (TPSA) is 20.2 Å². The first-order chi connectivity index (χ1) is 8.31. The molecule has 0 aromatic carbocycles. The van der Waals surface area contributed by atoms with E-state index in [0.717, 1.165) is 6.42 Å². The van der Waals surface area contributed by atoms with E-state index < -0.39 is 0 Å². The zero-order valence-electron chi connectivity index (χ0n) is 11.8. The monoisotopic (exact) mass is 240 g/mol. The van der Waals surface area contributed by atoms with Crippen LogP contribution in [0.4, 0.5) is 0 Å². The lowest BCUT2D eigenvalue weighted by atomic mass is 10.0. The number of unbranched alkanes of at least 4 members (excludes halogenated alkanes) is 8. The molecule has 1 nitrogen and oxygen atoms in total. The molecule has 0 aromatic rings. The van der Waals surface area contributed by atoms with Gasteiger partial charge >= 0.3 is 0 Å². The van der Waals surface area contributed by atoms with Crippen molar-refractivity contribution >= 4 is 0 Å². The van der Waals surface area contributed by atoms with Gasteiger partial charge in [0, 0.05) is 6.61 Å². The van der Waals surface area contributed by atoms with E-state index in [1.807, 2.05) is 0 Å². The fourth-order valence-electron chi connectivity index (χ4n) is 2.12. The van der Waals surface area contributed by atoms with Crippen LogP contribution in [-0.4, -0.2) is 11.7 Å². The zero-order chi connectivity index (χ0) is 12.8. The van der Waals surface area contributed by atoms with Gasteiger partial charge in [0.1, 0.15) is 0 Å². The summed E-state index contributed by atoms with van der Waals surface area (Å²) >= 11 is 0. The van der Waals surface area contributed by atoms with Crippen molar-refractivity contribution in [2.45, 2.75) is 84.0 Å². The van der Waals surface area contributed by atoms with E-state index in [0.29, 0.717) is 6.61 Å². The molecule has 0 aliphatic heterocycles. The third kappa shape index (κ3) is 13.6. The van der Waals surface area contributed by atoms with Gasteiger partial charge in [-0.1, -0.05) is 64.0 Å². The Morgan fingerprint density at radius 1 is 0.765 bits per heavy atom. The third-order valence-corrected chi connectivity index (χ3v) is 3.32. The molecule has 0 heterocycles. The molecule has 0 spiro atoms. The Bertz CT molecular complexity index is 163. The Kier molecular flexibility index (Phi) is 13.5. The highest BCUT2D eigenvalue weighted by molar-refractivity contribution is 4.93. The van der Waals surface area contributed by atoms with Gasteiger partial charge in [-0.2, -0.15) is 0 Å². The highest BCUT2D eigenvalue weighted by atomic mass is 16.2. The summed E-state index contributed by atoms with van der Waals surface area (Å²) in [6.07, 6.45) is 15.3. The zero-order valence-corrected chi connectivity index (χ0v) is 11.8. The normalized spacial score (nSPS) is 10.7. The highest BCUT2D eigenvalue weighted by Crippen LogP contribution is 2.16. The second-order valence-electron chi connectivity index (χ2n) is 5.16. The van der Waals surface area contributed by atoms with Crippen LogP contribution in [-0.2, 0) is 0 Å². The molecule has 0 amide bonds. The maximum atomic E-state index is 8.66. The number of hydrogen-bond donors (Lipinski definition) is 1. The van der Waals surface area contributed by atoms with Gasteiger partial charge in [-0.05, 0) is 32.1 Å². The molecule has 0 aliphatic carbocycles. The second-order valence-corrected chi connectivity index (χ2v) is 5.16. The number of aliphatic hydroxyl groups is 1. The maximum absolute atomic E-state index is 8.66. The van der Waals surface area contributed by atoms with Crippen LogP contribution in [0.2, 0.25) is 0 Å². The number of rotatable bonds is 13. The fraction of sp³-hybridized carbons (Fsp3) is 0.875. The number of allylic oxidation sites excluding steroid dienone is 1. The number of hydrogen-bond acceptors (Lipinski definition) is 1. The lowest BCUT2D eigenvalue weighted by Gasteiger charge is -2.05. The molecule has 17 heavy (non-hydrogen) atoms. The minimum Gasteiger partial charge on any atom is -0.396 e. The summed E-state index contributed by atoms with van der Waals surface area (Å²) in [4.78, 5) is 0. The average Bonchev–Trinajstić information content (AvgIpc) is 2.33. The Labute approximate surface area is 108 Å².